The highest BCUT2D eigenvalue weighted by molar-refractivity contribution is 5.94. The van der Waals surface area contributed by atoms with Gasteiger partial charge in [-0.15, -0.1) is 0 Å². The molecule has 0 radical (unpaired) electrons. The Labute approximate surface area is 159 Å². The summed E-state index contributed by atoms with van der Waals surface area (Å²) < 4.78 is 4.82. The predicted octanol–water partition coefficient (Wildman–Crippen LogP) is 2.68. The van der Waals surface area contributed by atoms with Crippen LogP contribution in [-0.4, -0.2) is 53.2 Å². The summed E-state index contributed by atoms with van der Waals surface area (Å²) in [5.41, 5.74) is 2.20. The minimum absolute atomic E-state index is 0.00733. The van der Waals surface area contributed by atoms with Crippen LogP contribution < -0.4 is 0 Å². The van der Waals surface area contributed by atoms with Crippen LogP contribution in [0.5, 0.6) is 0 Å². The minimum Gasteiger partial charge on any atom is -0.463 e. The molecule has 0 aliphatic carbocycles. The summed E-state index contributed by atoms with van der Waals surface area (Å²) in [7, 11) is 0. The number of carbonyl (C=O) groups excluding carboxylic acids is 2. The number of aromatic amines is 1. The van der Waals surface area contributed by atoms with E-state index in [1.54, 1.807) is 11.8 Å². The number of rotatable bonds is 10. The molecule has 0 saturated carbocycles. The van der Waals surface area contributed by atoms with Crippen molar-refractivity contribution in [3.8, 4) is 0 Å². The van der Waals surface area contributed by atoms with Crippen molar-refractivity contribution in [3.05, 3.63) is 48.2 Å². The number of aliphatic hydroxyl groups excluding tert-OH is 1. The molecule has 1 atom stereocenters. The summed E-state index contributed by atoms with van der Waals surface area (Å²) in [5.74, 6) is -0.778. The first-order valence-electron chi connectivity index (χ1n) is 9.38. The van der Waals surface area contributed by atoms with Gasteiger partial charge < -0.3 is 19.7 Å². The molecular formula is C21H28N2O4. The second-order valence-corrected chi connectivity index (χ2v) is 6.44. The van der Waals surface area contributed by atoms with E-state index in [1.165, 1.54) is 6.08 Å². The average Bonchev–Trinajstić information content (AvgIpc) is 3.10. The molecular weight excluding hydrogens is 344 g/mol. The number of para-hydroxylation sites is 1. The SMILES string of the molecule is CCOC(=O)/C=C/C(=O)N(CCc1c[nH]c2ccccc12)C[C@H](CC)CO. The number of fused-ring (bicyclic) bond motifs is 1. The van der Waals surface area contributed by atoms with E-state index in [-0.39, 0.29) is 25.0 Å². The molecule has 2 aromatic rings. The van der Waals surface area contributed by atoms with Crippen LogP contribution in [0.15, 0.2) is 42.6 Å². The van der Waals surface area contributed by atoms with E-state index in [0.29, 0.717) is 19.5 Å². The van der Waals surface area contributed by atoms with Crippen molar-refractivity contribution in [1.29, 1.82) is 0 Å². The van der Waals surface area contributed by atoms with Crippen LogP contribution in [-0.2, 0) is 20.7 Å². The number of ether oxygens (including phenoxy) is 1. The topological polar surface area (TPSA) is 82.6 Å². The van der Waals surface area contributed by atoms with Gasteiger partial charge in [-0.05, 0) is 37.3 Å². The van der Waals surface area contributed by atoms with Crippen molar-refractivity contribution in [2.45, 2.75) is 26.7 Å². The van der Waals surface area contributed by atoms with Gasteiger partial charge in [0.25, 0.3) is 0 Å². The van der Waals surface area contributed by atoms with E-state index >= 15 is 0 Å². The zero-order valence-electron chi connectivity index (χ0n) is 16.0. The summed E-state index contributed by atoms with van der Waals surface area (Å²) in [6, 6.07) is 8.04. The van der Waals surface area contributed by atoms with Gasteiger partial charge in [0.05, 0.1) is 6.61 Å². The smallest absolute Gasteiger partial charge is 0.330 e. The molecule has 146 valence electrons. The monoisotopic (exact) mass is 372 g/mol. The van der Waals surface area contributed by atoms with Crippen LogP contribution >= 0.6 is 0 Å². The molecule has 2 N–H and O–H groups in total. The second-order valence-electron chi connectivity index (χ2n) is 6.44. The summed E-state index contributed by atoms with van der Waals surface area (Å²) in [5, 5.41) is 10.6. The van der Waals surface area contributed by atoms with Gasteiger partial charge in [0.1, 0.15) is 0 Å². The maximum atomic E-state index is 12.6. The predicted molar refractivity (Wildman–Crippen MR) is 105 cm³/mol. The van der Waals surface area contributed by atoms with E-state index < -0.39 is 5.97 Å². The molecule has 1 aromatic carbocycles. The van der Waals surface area contributed by atoms with Gasteiger partial charge in [0.15, 0.2) is 0 Å². The molecule has 1 amide bonds. The molecule has 0 unspecified atom stereocenters. The number of nitrogens with one attached hydrogen (secondary N) is 1. The van der Waals surface area contributed by atoms with Crippen molar-refractivity contribution in [2.24, 2.45) is 5.92 Å². The molecule has 1 aromatic heterocycles. The van der Waals surface area contributed by atoms with Gasteiger partial charge in [-0.1, -0.05) is 25.1 Å². The van der Waals surface area contributed by atoms with Gasteiger partial charge >= 0.3 is 5.97 Å². The highest BCUT2D eigenvalue weighted by Gasteiger charge is 2.17. The normalized spacial score (nSPS) is 12.4. The third-order valence-electron chi connectivity index (χ3n) is 4.60. The summed E-state index contributed by atoms with van der Waals surface area (Å²) in [4.78, 5) is 29.0. The molecule has 0 spiro atoms. The van der Waals surface area contributed by atoms with Crippen LogP contribution in [0.4, 0.5) is 0 Å². The standard InChI is InChI=1S/C21H28N2O4/c1-3-16(15-24)14-23(20(25)9-10-21(26)27-4-2)12-11-17-13-22-19-8-6-5-7-18(17)19/h5-10,13,16,22,24H,3-4,11-12,14-15H2,1-2H3/b10-9+/t16-/m0/s1. The van der Waals surface area contributed by atoms with E-state index in [4.69, 9.17) is 4.74 Å². The minimum atomic E-state index is -0.531. The zero-order valence-corrected chi connectivity index (χ0v) is 16.0. The van der Waals surface area contributed by atoms with Gasteiger partial charge in [-0.2, -0.15) is 0 Å². The lowest BCUT2D eigenvalue weighted by atomic mass is 10.1. The Hall–Kier alpha value is -2.60. The van der Waals surface area contributed by atoms with E-state index in [0.717, 1.165) is 29.0 Å². The fourth-order valence-corrected chi connectivity index (χ4v) is 2.95. The van der Waals surface area contributed by atoms with E-state index in [2.05, 4.69) is 11.1 Å². The van der Waals surface area contributed by atoms with Crippen LogP contribution in [0.3, 0.4) is 0 Å². The first-order valence-corrected chi connectivity index (χ1v) is 9.38. The molecule has 0 bridgehead atoms. The lowest BCUT2D eigenvalue weighted by Crippen LogP contribution is -2.37. The Morgan fingerprint density at radius 2 is 2.04 bits per heavy atom. The molecule has 0 fully saturated rings. The number of carbonyl (C=O) groups is 2. The van der Waals surface area contributed by atoms with Crippen LogP contribution in [0.25, 0.3) is 10.9 Å². The Bertz CT molecular complexity index is 777. The third kappa shape index (κ3) is 5.96. The highest BCUT2D eigenvalue weighted by atomic mass is 16.5. The Kier molecular flexibility index (Phi) is 8.07. The highest BCUT2D eigenvalue weighted by Crippen LogP contribution is 2.18. The molecule has 6 nitrogen and oxygen atoms in total. The first kappa shape index (κ1) is 20.7. The van der Waals surface area contributed by atoms with Crippen molar-refractivity contribution < 1.29 is 19.4 Å². The Morgan fingerprint density at radius 3 is 2.74 bits per heavy atom. The summed E-state index contributed by atoms with van der Waals surface area (Å²) >= 11 is 0. The number of nitrogens with zero attached hydrogens (tertiary/aromatic N) is 1. The number of benzene rings is 1. The fraction of sp³-hybridized carbons (Fsp3) is 0.429. The number of hydrogen-bond donors (Lipinski definition) is 2. The molecule has 0 aliphatic heterocycles. The number of amides is 1. The summed E-state index contributed by atoms with van der Waals surface area (Å²) in [6.45, 7) is 4.94. The molecule has 6 heteroatoms. The average molecular weight is 372 g/mol. The van der Waals surface area contributed by atoms with Gasteiger partial charge in [-0.25, -0.2) is 4.79 Å². The van der Waals surface area contributed by atoms with Crippen LogP contribution in [0, 0.1) is 5.92 Å². The van der Waals surface area contributed by atoms with Crippen LogP contribution in [0.1, 0.15) is 25.8 Å². The lowest BCUT2D eigenvalue weighted by Gasteiger charge is -2.25. The maximum absolute atomic E-state index is 12.6. The Morgan fingerprint density at radius 1 is 1.26 bits per heavy atom. The zero-order chi connectivity index (χ0) is 19.6. The molecule has 0 saturated heterocycles. The van der Waals surface area contributed by atoms with Gasteiger partial charge in [0.2, 0.25) is 5.91 Å². The first-order chi connectivity index (χ1) is 13.1. The quantitative estimate of drug-likeness (QED) is 0.496. The van der Waals surface area contributed by atoms with Crippen LogP contribution in [0.2, 0.25) is 0 Å². The van der Waals surface area contributed by atoms with Gasteiger partial charge in [0, 0.05) is 48.9 Å². The number of aromatic nitrogens is 1. The number of H-pyrrole nitrogens is 1. The number of esters is 1. The molecule has 0 aliphatic rings. The van der Waals surface area contributed by atoms with Crippen molar-refractivity contribution >= 4 is 22.8 Å². The van der Waals surface area contributed by atoms with E-state index in [9.17, 15) is 14.7 Å². The lowest BCUT2D eigenvalue weighted by molar-refractivity contribution is -0.137. The second kappa shape index (κ2) is 10.5. The molecule has 1 heterocycles. The van der Waals surface area contributed by atoms with Gasteiger partial charge in [-0.3, -0.25) is 4.79 Å². The number of aliphatic hydroxyl groups is 1. The Balaban J connectivity index is 2.09. The third-order valence-corrected chi connectivity index (χ3v) is 4.60. The maximum Gasteiger partial charge on any atom is 0.330 e. The van der Waals surface area contributed by atoms with Crippen molar-refractivity contribution in [3.63, 3.8) is 0 Å². The summed E-state index contributed by atoms with van der Waals surface area (Å²) in [6.07, 6.45) is 5.83. The van der Waals surface area contributed by atoms with Crippen molar-refractivity contribution in [2.75, 3.05) is 26.3 Å². The van der Waals surface area contributed by atoms with E-state index in [1.807, 2.05) is 31.3 Å². The van der Waals surface area contributed by atoms with Crippen molar-refractivity contribution in [1.82, 2.24) is 9.88 Å². The molecule has 27 heavy (non-hydrogen) atoms. The number of hydrogen-bond acceptors (Lipinski definition) is 4. The largest absolute Gasteiger partial charge is 0.463 e. The fourth-order valence-electron chi connectivity index (χ4n) is 2.95. The molecule has 2 rings (SSSR count).